The summed E-state index contributed by atoms with van der Waals surface area (Å²) in [4.78, 5) is 24.9. The fourth-order valence-corrected chi connectivity index (χ4v) is 11.1. The molecule has 1 aromatic rings. The average Bonchev–Trinajstić information content (AvgIpc) is 2.96. The first-order valence-corrected chi connectivity index (χ1v) is 12.1. The molecule has 2 fully saturated rings. The number of ether oxygens (including phenoxy) is 1. The molecule has 0 spiro atoms. The summed E-state index contributed by atoms with van der Waals surface area (Å²) in [6.07, 6.45) is 2.54. The van der Waals surface area contributed by atoms with Crippen LogP contribution in [0.25, 0.3) is 0 Å². The van der Waals surface area contributed by atoms with Crippen molar-refractivity contribution < 1.29 is 19.4 Å². The third-order valence-corrected chi connectivity index (χ3v) is 12.2. The molecule has 1 N–H and O–H groups in total. The summed E-state index contributed by atoms with van der Waals surface area (Å²) >= 11 is -1.96. The van der Waals surface area contributed by atoms with E-state index in [1.165, 1.54) is 14.0 Å². The molecule has 26 heavy (non-hydrogen) atoms. The molecule has 4 atom stereocenters. The molecule has 0 radical (unpaired) electrons. The summed E-state index contributed by atoms with van der Waals surface area (Å²) in [6.45, 7) is 5.96. The molecule has 0 aliphatic heterocycles. The third-order valence-electron chi connectivity index (χ3n) is 6.75. The van der Waals surface area contributed by atoms with Gasteiger partial charge in [0.25, 0.3) is 0 Å². The summed E-state index contributed by atoms with van der Waals surface area (Å²) in [5, 5.41) is 11.6. The predicted octanol–water partition coefficient (Wildman–Crippen LogP) is 2.09. The monoisotopic (exact) mass is 424 g/mol. The summed E-state index contributed by atoms with van der Waals surface area (Å²) < 4.78 is 6.33. The van der Waals surface area contributed by atoms with Crippen LogP contribution in [0.15, 0.2) is 30.3 Å². The van der Waals surface area contributed by atoms with Gasteiger partial charge in [-0.1, -0.05) is 0 Å². The average molecular weight is 423 g/mol. The van der Waals surface area contributed by atoms with E-state index in [0.29, 0.717) is 15.7 Å². The van der Waals surface area contributed by atoms with Crippen molar-refractivity contribution in [1.82, 2.24) is 0 Å². The van der Waals surface area contributed by atoms with Gasteiger partial charge in [0.15, 0.2) is 0 Å². The van der Waals surface area contributed by atoms with Gasteiger partial charge in [-0.3, -0.25) is 0 Å². The molecule has 3 rings (SSSR count). The Kier molecular flexibility index (Phi) is 5.26. The van der Waals surface area contributed by atoms with E-state index in [1.54, 1.807) is 0 Å². The molecule has 2 bridgehead atoms. The number of carbonyl (C=O) groups is 2. The molecule has 0 heterocycles. The number of benzene rings is 1. The Labute approximate surface area is 159 Å². The van der Waals surface area contributed by atoms with E-state index in [4.69, 9.17) is 4.74 Å². The minimum atomic E-state index is -1.96. The van der Waals surface area contributed by atoms with E-state index in [-0.39, 0.29) is 22.7 Å². The van der Waals surface area contributed by atoms with Crippen molar-refractivity contribution in [3.8, 4) is 0 Å². The number of fused-ring (bicyclic) bond motifs is 2. The van der Waals surface area contributed by atoms with Crippen molar-refractivity contribution in [2.24, 2.45) is 16.7 Å². The number of hydrogen-bond donors (Lipinski definition) is 1. The minimum absolute atomic E-state index is 0.0148. The van der Waals surface area contributed by atoms with Gasteiger partial charge in [0, 0.05) is 0 Å². The van der Waals surface area contributed by atoms with Crippen LogP contribution in [-0.2, 0) is 14.3 Å². The van der Waals surface area contributed by atoms with E-state index in [9.17, 15) is 14.7 Å². The summed E-state index contributed by atoms with van der Waals surface area (Å²) in [7, 11) is 1.33. The first kappa shape index (κ1) is 19.5. The fraction of sp³-hybridized carbons (Fsp3) is 0.571. The number of hydrogen-bond acceptors (Lipinski definition) is 4. The van der Waals surface area contributed by atoms with E-state index in [0.717, 1.165) is 23.7 Å². The summed E-state index contributed by atoms with van der Waals surface area (Å²) in [5.41, 5.74) is -0.214. The van der Waals surface area contributed by atoms with Crippen LogP contribution >= 0.6 is 0 Å². The molecule has 5 heteroatoms. The van der Waals surface area contributed by atoms with E-state index < -0.39 is 19.4 Å². The van der Waals surface area contributed by atoms with E-state index in [1.807, 2.05) is 30.3 Å². The molecule has 0 aromatic heterocycles. The molecule has 2 aliphatic rings. The van der Waals surface area contributed by atoms with Crippen molar-refractivity contribution in [2.75, 3.05) is 7.11 Å². The number of carbonyl (C=O) groups excluding carboxylic acids is 2. The maximum absolute atomic E-state index is 12.5. The number of aliphatic hydroxyl groups is 1. The molecular weight excluding hydrogens is 395 g/mol. The quantitative estimate of drug-likeness (QED) is 0.448. The Morgan fingerprint density at radius 1 is 1.27 bits per heavy atom. The normalized spacial score (nSPS) is 30.7. The number of rotatable bonds is 5. The van der Waals surface area contributed by atoms with Gasteiger partial charge in [0.05, 0.1) is 0 Å². The Morgan fingerprint density at radius 2 is 1.92 bits per heavy atom. The van der Waals surface area contributed by atoms with E-state index in [2.05, 4.69) is 13.8 Å². The first-order chi connectivity index (χ1) is 12.2. The zero-order chi connectivity index (χ0) is 19.1. The van der Waals surface area contributed by atoms with Crippen LogP contribution in [0.4, 0.5) is 0 Å². The maximum atomic E-state index is 12.5. The van der Waals surface area contributed by atoms with Crippen molar-refractivity contribution in [2.45, 2.75) is 51.5 Å². The van der Waals surface area contributed by atoms with Gasteiger partial charge < -0.3 is 0 Å². The Bertz CT molecular complexity index is 753. The molecule has 1 unspecified atom stereocenters. The van der Waals surface area contributed by atoms with Crippen LogP contribution in [0.2, 0.25) is 5.32 Å². The molecule has 4 nitrogen and oxygen atoms in total. The van der Waals surface area contributed by atoms with Gasteiger partial charge in [-0.05, 0) is 0 Å². The van der Waals surface area contributed by atoms with Gasteiger partial charge >= 0.3 is 159 Å². The second-order valence-electron chi connectivity index (χ2n) is 8.09. The second-order valence-corrected chi connectivity index (χ2v) is 12.2. The Morgan fingerprint density at radius 3 is 2.38 bits per heavy atom. The van der Waals surface area contributed by atoms with Gasteiger partial charge in [-0.15, -0.1) is 0 Å². The zero-order valence-electron chi connectivity index (χ0n) is 16.0. The topological polar surface area (TPSA) is 63.6 Å². The van der Waals surface area contributed by atoms with Gasteiger partial charge in [0.1, 0.15) is 0 Å². The molecular formula is C21H28O4Se. The van der Waals surface area contributed by atoms with E-state index >= 15 is 0 Å². The first-order valence-electron chi connectivity index (χ1n) is 9.15. The second kappa shape index (κ2) is 7.03. The van der Waals surface area contributed by atoms with Crippen LogP contribution in [-0.4, -0.2) is 48.0 Å². The number of aliphatic hydroxyl groups excluding tert-OH is 1. The van der Waals surface area contributed by atoms with Crippen LogP contribution in [0.3, 0.4) is 0 Å². The molecule has 1 aromatic carbocycles. The molecule has 2 aliphatic carbocycles. The number of ketones is 1. The predicted molar refractivity (Wildman–Crippen MR) is 104 cm³/mol. The van der Waals surface area contributed by atoms with Crippen molar-refractivity contribution >= 4 is 34.1 Å². The third kappa shape index (κ3) is 2.90. The van der Waals surface area contributed by atoms with Crippen molar-refractivity contribution in [1.29, 1.82) is 0 Å². The molecule has 2 saturated carbocycles. The summed E-state index contributed by atoms with van der Waals surface area (Å²) in [5.74, 6) is -0.205. The van der Waals surface area contributed by atoms with Crippen molar-refractivity contribution in [3.63, 3.8) is 0 Å². The number of methoxy groups -OCH3 is 1. The van der Waals surface area contributed by atoms with Crippen LogP contribution in [0.5, 0.6) is 0 Å². The van der Waals surface area contributed by atoms with Crippen molar-refractivity contribution in [3.05, 3.63) is 30.3 Å². The van der Waals surface area contributed by atoms with Gasteiger partial charge in [-0.2, -0.15) is 0 Å². The standard InChI is InChI=1S/C21H28O4Se/c1-14(22)18(19(24)25-4)26(16-8-6-5-7-9-16)13-21-11-10-15(12-17(21)23)20(21,2)3/h5-9,15,17,23H,10-13H2,1-4H3/t15-,17-,21-,26?/m1/s1. The summed E-state index contributed by atoms with van der Waals surface area (Å²) in [6, 6.07) is 9.86. The zero-order valence-corrected chi connectivity index (χ0v) is 17.7. The van der Waals surface area contributed by atoms with Crippen LogP contribution in [0, 0.1) is 16.7 Å². The SMILES string of the molecule is COC(=O)/C(C(C)=O)=[Se](/C[C@]12CC[C@H](C[C@H]1O)C2(C)C)c1ccccc1. The van der Waals surface area contributed by atoms with Gasteiger partial charge in [0.2, 0.25) is 0 Å². The molecule has 0 saturated heterocycles. The Hall–Kier alpha value is -1.29. The van der Waals surface area contributed by atoms with Crippen LogP contribution < -0.4 is 4.46 Å². The molecule has 142 valence electrons. The molecule has 0 amide bonds. The van der Waals surface area contributed by atoms with Gasteiger partial charge in [-0.25, -0.2) is 0 Å². The fourth-order valence-electron chi connectivity index (χ4n) is 5.01. The van der Waals surface area contributed by atoms with Crippen LogP contribution in [0.1, 0.15) is 40.0 Å². The Balaban J connectivity index is 2.17. The number of Topliss-reactive ketones (excluding diaryl/α,β-unsaturated/α-hetero) is 1. The number of esters is 1.